The van der Waals surface area contributed by atoms with Crippen LogP contribution in [0.1, 0.15) is 45.6 Å². The first-order valence-corrected chi connectivity index (χ1v) is 10.7. The van der Waals surface area contributed by atoms with Gasteiger partial charge in [0.1, 0.15) is 28.9 Å². The van der Waals surface area contributed by atoms with Crippen molar-refractivity contribution in [3.8, 4) is 23.2 Å². The van der Waals surface area contributed by atoms with E-state index in [1.807, 2.05) is 34.0 Å². The highest BCUT2D eigenvalue weighted by atomic mass is 16.6. The highest BCUT2D eigenvalue weighted by Crippen LogP contribution is 2.28. The molecule has 0 radical (unpaired) electrons. The molecule has 0 aliphatic carbocycles. The number of ether oxygens (including phenoxy) is 2. The Morgan fingerprint density at radius 1 is 1.19 bits per heavy atom. The first-order chi connectivity index (χ1) is 15.2. The van der Waals surface area contributed by atoms with Crippen molar-refractivity contribution in [2.75, 3.05) is 13.1 Å². The molecule has 0 saturated carbocycles. The topological polar surface area (TPSA) is 111 Å². The Kier molecular flexibility index (Phi) is 5.74. The fourth-order valence-corrected chi connectivity index (χ4v) is 3.69. The SMILES string of the molecule is Cn1cc(-c2cn3ncc(C#N)c3c(O[C@@H]3CCCN(C(=O)OC(C)(C)C)CC3)n2)cn1. The molecule has 1 aliphatic heterocycles. The maximum atomic E-state index is 12.5. The number of likely N-dealkylation sites (tertiary alicyclic amines) is 1. The van der Waals surface area contributed by atoms with Crippen LogP contribution in [0.25, 0.3) is 16.8 Å². The van der Waals surface area contributed by atoms with Crippen LogP contribution in [0.5, 0.6) is 5.88 Å². The van der Waals surface area contributed by atoms with E-state index in [-0.39, 0.29) is 12.2 Å². The van der Waals surface area contributed by atoms with Crippen molar-refractivity contribution in [1.82, 2.24) is 29.3 Å². The predicted octanol–water partition coefficient (Wildman–Crippen LogP) is 3.17. The zero-order valence-electron chi connectivity index (χ0n) is 18.8. The van der Waals surface area contributed by atoms with Crippen LogP contribution in [0.4, 0.5) is 4.79 Å². The number of amides is 1. The molecule has 1 fully saturated rings. The molecule has 1 aliphatic rings. The lowest BCUT2D eigenvalue weighted by molar-refractivity contribution is 0.0252. The Labute approximate surface area is 186 Å². The van der Waals surface area contributed by atoms with Crippen LogP contribution in [0.2, 0.25) is 0 Å². The molecule has 0 aromatic carbocycles. The van der Waals surface area contributed by atoms with Gasteiger partial charge in [0.05, 0.1) is 24.3 Å². The third-order valence-corrected chi connectivity index (χ3v) is 5.19. The summed E-state index contributed by atoms with van der Waals surface area (Å²) < 4.78 is 15.1. The van der Waals surface area contributed by atoms with E-state index in [0.717, 1.165) is 18.4 Å². The van der Waals surface area contributed by atoms with Gasteiger partial charge in [-0.2, -0.15) is 15.5 Å². The van der Waals surface area contributed by atoms with Crippen molar-refractivity contribution in [3.63, 3.8) is 0 Å². The largest absolute Gasteiger partial charge is 0.473 e. The summed E-state index contributed by atoms with van der Waals surface area (Å²) in [5, 5.41) is 18.0. The van der Waals surface area contributed by atoms with Crippen LogP contribution in [-0.2, 0) is 11.8 Å². The van der Waals surface area contributed by atoms with E-state index >= 15 is 0 Å². The average molecular weight is 438 g/mol. The van der Waals surface area contributed by atoms with Gasteiger partial charge in [0.15, 0.2) is 0 Å². The Morgan fingerprint density at radius 2 is 2.00 bits per heavy atom. The minimum atomic E-state index is -0.531. The lowest BCUT2D eigenvalue weighted by Crippen LogP contribution is -2.37. The van der Waals surface area contributed by atoms with Gasteiger partial charge >= 0.3 is 6.09 Å². The van der Waals surface area contributed by atoms with Gasteiger partial charge in [-0.25, -0.2) is 14.3 Å². The van der Waals surface area contributed by atoms with Gasteiger partial charge in [-0.1, -0.05) is 0 Å². The predicted molar refractivity (Wildman–Crippen MR) is 116 cm³/mol. The molecule has 0 bridgehead atoms. The van der Waals surface area contributed by atoms with Crippen molar-refractivity contribution in [3.05, 3.63) is 30.4 Å². The summed E-state index contributed by atoms with van der Waals surface area (Å²) in [6.07, 6.45) is 8.58. The number of fused-ring (bicyclic) bond motifs is 1. The van der Waals surface area contributed by atoms with E-state index in [1.54, 1.807) is 26.5 Å². The summed E-state index contributed by atoms with van der Waals surface area (Å²) >= 11 is 0. The fraction of sp³-hybridized carbons (Fsp3) is 0.500. The van der Waals surface area contributed by atoms with Gasteiger partial charge < -0.3 is 14.4 Å². The third-order valence-electron chi connectivity index (χ3n) is 5.19. The van der Waals surface area contributed by atoms with Crippen LogP contribution in [0.3, 0.4) is 0 Å². The number of nitriles is 1. The number of aromatic nitrogens is 5. The average Bonchev–Trinajstić information content (AvgIpc) is 3.27. The second-order valence-corrected chi connectivity index (χ2v) is 8.94. The standard InChI is InChI=1S/C22H27N7O3/c1-22(2,3)32-21(30)28-8-5-6-17(7-9-28)31-20-19-15(10-23)11-25-29(19)14-18(26-20)16-12-24-27(4)13-16/h11-14,17H,5-9H2,1-4H3/t17-/m1/s1. The second kappa shape index (κ2) is 8.49. The highest BCUT2D eigenvalue weighted by molar-refractivity contribution is 5.70. The Bertz CT molecular complexity index is 1170. The van der Waals surface area contributed by atoms with Gasteiger partial charge in [-0.15, -0.1) is 0 Å². The van der Waals surface area contributed by atoms with Crippen LogP contribution in [0.15, 0.2) is 24.8 Å². The minimum absolute atomic E-state index is 0.149. The number of aryl methyl sites for hydroxylation is 1. The van der Waals surface area contributed by atoms with Crippen molar-refractivity contribution in [2.45, 2.75) is 51.7 Å². The molecule has 1 saturated heterocycles. The molecule has 32 heavy (non-hydrogen) atoms. The molecule has 3 aromatic heterocycles. The quantitative estimate of drug-likeness (QED) is 0.619. The van der Waals surface area contributed by atoms with E-state index < -0.39 is 5.60 Å². The van der Waals surface area contributed by atoms with E-state index in [4.69, 9.17) is 14.5 Å². The molecular formula is C22H27N7O3. The van der Waals surface area contributed by atoms with Crippen LogP contribution in [0, 0.1) is 11.3 Å². The molecule has 10 heteroatoms. The summed E-state index contributed by atoms with van der Waals surface area (Å²) in [5.41, 5.74) is 1.88. The Morgan fingerprint density at radius 3 is 2.69 bits per heavy atom. The van der Waals surface area contributed by atoms with E-state index in [0.29, 0.717) is 42.2 Å². The molecule has 4 rings (SSSR count). The Balaban J connectivity index is 1.57. The lowest BCUT2D eigenvalue weighted by Gasteiger charge is -2.26. The summed E-state index contributed by atoms with van der Waals surface area (Å²) in [6, 6.07) is 2.16. The van der Waals surface area contributed by atoms with Crippen LogP contribution in [-0.4, -0.2) is 60.2 Å². The smallest absolute Gasteiger partial charge is 0.410 e. The van der Waals surface area contributed by atoms with E-state index in [9.17, 15) is 10.1 Å². The monoisotopic (exact) mass is 437 g/mol. The third kappa shape index (κ3) is 4.66. The number of hydrogen-bond acceptors (Lipinski definition) is 7. The molecule has 10 nitrogen and oxygen atoms in total. The first kappa shape index (κ1) is 21.6. The lowest BCUT2D eigenvalue weighted by atomic mass is 10.1. The van der Waals surface area contributed by atoms with E-state index in [2.05, 4.69) is 16.3 Å². The molecule has 0 N–H and O–H groups in total. The molecular weight excluding hydrogens is 410 g/mol. The number of rotatable bonds is 3. The van der Waals surface area contributed by atoms with Gasteiger partial charge in [0.2, 0.25) is 5.88 Å². The zero-order valence-corrected chi connectivity index (χ0v) is 18.8. The molecule has 3 aromatic rings. The second-order valence-electron chi connectivity index (χ2n) is 8.94. The van der Waals surface area contributed by atoms with Gasteiger partial charge in [0, 0.05) is 38.3 Å². The molecule has 0 spiro atoms. The summed E-state index contributed by atoms with van der Waals surface area (Å²) in [5.74, 6) is 0.358. The van der Waals surface area contributed by atoms with Crippen LogP contribution < -0.4 is 4.74 Å². The highest BCUT2D eigenvalue weighted by Gasteiger charge is 2.27. The van der Waals surface area contributed by atoms with Crippen molar-refractivity contribution in [1.29, 1.82) is 5.26 Å². The van der Waals surface area contributed by atoms with Crippen LogP contribution >= 0.6 is 0 Å². The molecule has 168 valence electrons. The first-order valence-electron chi connectivity index (χ1n) is 10.7. The fourth-order valence-electron chi connectivity index (χ4n) is 3.69. The van der Waals surface area contributed by atoms with Gasteiger partial charge in [-0.05, 0) is 33.6 Å². The van der Waals surface area contributed by atoms with Gasteiger partial charge in [0.25, 0.3) is 0 Å². The molecule has 4 heterocycles. The maximum Gasteiger partial charge on any atom is 0.410 e. The number of nitrogens with zero attached hydrogens (tertiary/aromatic N) is 7. The number of carbonyl (C=O) groups excluding carboxylic acids is 1. The van der Waals surface area contributed by atoms with E-state index in [1.165, 1.54) is 6.20 Å². The normalized spacial score (nSPS) is 17.1. The number of hydrogen-bond donors (Lipinski definition) is 0. The zero-order chi connectivity index (χ0) is 22.9. The maximum absolute atomic E-state index is 12.5. The minimum Gasteiger partial charge on any atom is -0.473 e. The summed E-state index contributed by atoms with van der Waals surface area (Å²) in [7, 11) is 1.84. The van der Waals surface area contributed by atoms with Gasteiger partial charge in [-0.3, -0.25) is 4.68 Å². The summed E-state index contributed by atoms with van der Waals surface area (Å²) in [4.78, 5) is 18.9. The van der Waals surface area contributed by atoms with Crippen molar-refractivity contribution in [2.24, 2.45) is 7.05 Å². The Hall–Kier alpha value is -3.61. The van der Waals surface area contributed by atoms with Crippen molar-refractivity contribution < 1.29 is 14.3 Å². The number of carbonyl (C=O) groups is 1. The molecule has 1 amide bonds. The molecule has 0 unspecified atom stereocenters. The van der Waals surface area contributed by atoms with Crippen molar-refractivity contribution >= 4 is 11.6 Å². The molecule has 1 atom stereocenters. The summed E-state index contributed by atoms with van der Waals surface area (Å²) in [6.45, 7) is 6.73.